The standard InChI is InChI=1S/C10H11N3OS2/c1-6-3-8(7(2)12-6)9(14)4-15-10-13-11-5-16-10/h3,5,12H,4H2,1-2H3. The van der Waals surface area contributed by atoms with E-state index in [4.69, 9.17) is 0 Å². The van der Waals surface area contributed by atoms with Gasteiger partial charge in [-0.05, 0) is 19.9 Å². The number of ketones is 1. The zero-order valence-corrected chi connectivity index (χ0v) is 10.6. The van der Waals surface area contributed by atoms with Gasteiger partial charge in [0, 0.05) is 17.0 Å². The van der Waals surface area contributed by atoms with Crippen molar-refractivity contribution in [3.05, 3.63) is 28.5 Å². The van der Waals surface area contributed by atoms with Crippen LogP contribution in [0.3, 0.4) is 0 Å². The number of hydrogen-bond donors (Lipinski definition) is 1. The molecule has 84 valence electrons. The third kappa shape index (κ3) is 2.51. The van der Waals surface area contributed by atoms with Crippen molar-refractivity contribution in [1.82, 2.24) is 15.2 Å². The maximum Gasteiger partial charge on any atom is 0.174 e. The third-order valence-electron chi connectivity index (χ3n) is 2.12. The van der Waals surface area contributed by atoms with Crippen LogP contribution in [0.1, 0.15) is 21.7 Å². The molecule has 0 spiro atoms. The van der Waals surface area contributed by atoms with Gasteiger partial charge in [-0.1, -0.05) is 23.1 Å². The summed E-state index contributed by atoms with van der Waals surface area (Å²) in [5, 5.41) is 7.61. The lowest BCUT2D eigenvalue weighted by Crippen LogP contribution is -2.02. The number of rotatable bonds is 4. The van der Waals surface area contributed by atoms with Gasteiger partial charge < -0.3 is 4.98 Å². The Kier molecular flexibility index (Phi) is 3.40. The molecule has 0 unspecified atom stereocenters. The molecule has 0 aliphatic rings. The van der Waals surface area contributed by atoms with Crippen LogP contribution in [0.2, 0.25) is 0 Å². The molecule has 0 bridgehead atoms. The van der Waals surface area contributed by atoms with E-state index in [0.717, 1.165) is 21.3 Å². The van der Waals surface area contributed by atoms with E-state index in [1.165, 1.54) is 23.1 Å². The molecule has 0 saturated heterocycles. The van der Waals surface area contributed by atoms with E-state index in [1.54, 1.807) is 5.51 Å². The number of carbonyl (C=O) groups excluding carboxylic acids is 1. The Balaban J connectivity index is 2.01. The number of aromatic nitrogens is 3. The van der Waals surface area contributed by atoms with E-state index in [0.29, 0.717) is 5.75 Å². The Morgan fingerprint density at radius 2 is 2.38 bits per heavy atom. The summed E-state index contributed by atoms with van der Waals surface area (Å²) in [5.41, 5.74) is 4.38. The second kappa shape index (κ2) is 4.80. The van der Waals surface area contributed by atoms with E-state index >= 15 is 0 Å². The lowest BCUT2D eigenvalue weighted by atomic mass is 10.2. The number of nitrogens with one attached hydrogen (secondary N) is 1. The van der Waals surface area contributed by atoms with Gasteiger partial charge in [0.05, 0.1) is 5.75 Å². The number of H-pyrrole nitrogens is 1. The van der Waals surface area contributed by atoms with Gasteiger partial charge in [0.15, 0.2) is 10.1 Å². The maximum absolute atomic E-state index is 11.9. The molecule has 0 aliphatic heterocycles. The van der Waals surface area contributed by atoms with Gasteiger partial charge in [-0.15, -0.1) is 10.2 Å². The molecule has 0 saturated carbocycles. The first-order valence-electron chi connectivity index (χ1n) is 4.75. The number of aromatic amines is 1. The van der Waals surface area contributed by atoms with Crippen molar-refractivity contribution in [2.24, 2.45) is 0 Å². The number of aryl methyl sites for hydroxylation is 2. The van der Waals surface area contributed by atoms with Crippen molar-refractivity contribution in [3.63, 3.8) is 0 Å². The van der Waals surface area contributed by atoms with Crippen LogP contribution in [0, 0.1) is 13.8 Å². The number of hydrogen-bond acceptors (Lipinski definition) is 5. The molecule has 0 amide bonds. The predicted octanol–water partition coefficient (Wildman–Crippen LogP) is 2.46. The van der Waals surface area contributed by atoms with Crippen molar-refractivity contribution >= 4 is 28.9 Å². The van der Waals surface area contributed by atoms with Gasteiger partial charge in [-0.2, -0.15) is 0 Å². The first-order valence-corrected chi connectivity index (χ1v) is 6.61. The average Bonchev–Trinajstić information content (AvgIpc) is 2.84. The molecule has 2 aromatic rings. The highest BCUT2D eigenvalue weighted by molar-refractivity contribution is 8.01. The molecular weight excluding hydrogens is 242 g/mol. The Morgan fingerprint density at radius 1 is 1.56 bits per heavy atom. The van der Waals surface area contributed by atoms with E-state index < -0.39 is 0 Å². The minimum atomic E-state index is 0.127. The Hall–Kier alpha value is -1.14. The summed E-state index contributed by atoms with van der Waals surface area (Å²) in [6.07, 6.45) is 0. The molecule has 2 rings (SSSR count). The topological polar surface area (TPSA) is 58.6 Å². The zero-order valence-electron chi connectivity index (χ0n) is 8.98. The van der Waals surface area contributed by atoms with Crippen LogP contribution in [0.4, 0.5) is 0 Å². The molecule has 0 radical (unpaired) electrons. The second-order valence-electron chi connectivity index (χ2n) is 3.41. The molecule has 2 aromatic heterocycles. The molecule has 4 nitrogen and oxygen atoms in total. The Bertz CT molecular complexity index is 490. The largest absolute Gasteiger partial charge is 0.362 e. The number of Topliss-reactive ketones (excluding diaryl/α,β-unsaturated/α-hetero) is 1. The fourth-order valence-electron chi connectivity index (χ4n) is 1.44. The minimum absolute atomic E-state index is 0.127. The Labute approximate surface area is 101 Å². The average molecular weight is 253 g/mol. The summed E-state index contributed by atoms with van der Waals surface area (Å²) in [7, 11) is 0. The molecule has 0 fully saturated rings. The third-order valence-corrected chi connectivity index (χ3v) is 3.98. The van der Waals surface area contributed by atoms with Crippen molar-refractivity contribution < 1.29 is 4.79 Å². The fourth-order valence-corrected chi connectivity index (χ4v) is 2.82. The lowest BCUT2D eigenvalue weighted by molar-refractivity contribution is 0.102. The van der Waals surface area contributed by atoms with E-state index in [1.807, 2.05) is 19.9 Å². The van der Waals surface area contributed by atoms with Crippen molar-refractivity contribution in [2.45, 2.75) is 18.2 Å². The second-order valence-corrected chi connectivity index (χ2v) is 5.46. The lowest BCUT2D eigenvalue weighted by Gasteiger charge is -1.97. The molecule has 16 heavy (non-hydrogen) atoms. The number of carbonyl (C=O) groups is 1. The van der Waals surface area contributed by atoms with Crippen molar-refractivity contribution in [2.75, 3.05) is 5.75 Å². The molecule has 0 atom stereocenters. The normalized spacial score (nSPS) is 10.6. The first kappa shape index (κ1) is 11.3. The molecule has 0 aromatic carbocycles. The fraction of sp³-hybridized carbons (Fsp3) is 0.300. The monoisotopic (exact) mass is 253 g/mol. The van der Waals surface area contributed by atoms with Crippen LogP contribution < -0.4 is 0 Å². The van der Waals surface area contributed by atoms with Crippen molar-refractivity contribution in [3.8, 4) is 0 Å². The van der Waals surface area contributed by atoms with E-state index in [-0.39, 0.29) is 5.78 Å². The summed E-state index contributed by atoms with van der Waals surface area (Å²) in [6, 6.07) is 1.89. The molecule has 0 aliphatic carbocycles. The maximum atomic E-state index is 11.9. The molecule has 2 heterocycles. The van der Waals surface area contributed by atoms with E-state index in [2.05, 4.69) is 15.2 Å². The number of thioether (sulfide) groups is 1. The van der Waals surface area contributed by atoms with Gasteiger partial charge in [0.1, 0.15) is 5.51 Å². The highest BCUT2D eigenvalue weighted by Crippen LogP contribution is 2.21. The summed E-state index contributed by atoms with van der Waals surface area (Å²) < 4.78 is 0.832. The van der Waals surface area contributed by atoms with Gasteiger partial charge >= 0.3 is 0 Å². The van der Waals surface area contributed by atoms with Crippen LogP contribution in [0.5, 0.6) is 0 Å². The molecule has 1 N–H and O–H groups in total. The van der Waals surface area contributed by atoms with Gasteiger partial charge in [0.2, 0.25) is 0 Å². The highest BCUT2D eigenvalue weighted by Gasteiger charge is 2.12. The predicted molar refractivity (Wildman–Crippen MR) is 65.2 cm³/mol. The van der Waals surface area contributed by atoms with Crippen LogP contribution >= 0.6 is 23.1 Å². The first-order chi connectivity index (χ1) is 7.66. The smallest absolute Gasteiger partial charge is 0.174 e. The Morgan fingerprint density at radius 3 is 2.94 bits per heavy atom. The summed E-state index contributed by atoms with van der Waals surface area (Å²) in [4.78, 5) is 15.0. The van der Waals surface area contributed by atoms with Crippen LogP contribution in [0.25, 0.3) is 0 Å². The van der Waals surface area contributed by atoms with Crippen LogP contribution in [0.15, 0.2) is 15.9 Å². The summed E-state index contributed by atoms with van der Waals surface area (Å²) >= 11 is 2.88. The zero-order chi connectivity index (χ0) is 11.5. The summed E-state index contributed by atoms with van der Waals surface area (Å²) in [5.74, 6) is 0.537. The minimum Gasteiger partial charge on any atom is -0.362 e. The van der Waals surface area contributed by atoms with Gasteiger partial charge in [-0.25, -0.2) is 0 Å². The number of nitrogens with zero attached hydrogens (tertiary/aromatic N) is 2. The van der Waals surface area contributed by atoms with E-state index in [9.17, 15) is 4.79 Å². The molecule has 6 heteroatoms. The van der Waals surface area contributed by atoms with Crippen LogP contribution in [-0.2, 0) is 0 Å². The van der Waals surface area contributed by atoms with Gasteiger partial charge in [0.25, 0.3) is 0 Å². The quantitative estimate of drug-likeness (QED) is 0.671. The SMILES string of the molecule is Cc1cc(C(=O)CSc2nncs2)c(C)[nH]1. The van der Waals surface area contributed by atoms with Gasteiger partial charge in [-0.3, -0.25) is 4.79 Å². The summed E-state index contributed by atoms with van der Waals surface area (Å²) in [6.45, 7) is 3.86. The molecular formula is C10H11N3OS2. The van der Waals surface area contributed by atoms with Crippen LogP contribution in [-0.4, -0.2) is 26.7 Å². The highest BCUT2D eigenvalue weighted by atomic mass is 32.2. The van der Waals surface area contributed by atoms with Crippen molar-refractivity contribution in [1.29, 1.82) is 0 Å².